The zero-order valence-electron chi connectivity index (χ0n) is 19.5. The minimum absolute atomic E-state index is 0.0295. The van der Waals surface area contributed by atoms with Gasteiger partial charge < -0.3 is 10.3 Å². The van der Waals surface area contributed by atoms with Gasteiger partial charge in [-0.25, -0.2) is 9.97 Å². The number of para-hydroxylation sites is 1. The summed E-state index contributed by atoms with van der Waals surface area (Å²) in [6.07, 6.45) is 9.95. The number of imidazole rings is 1. The number of amides is 1. The second-order valence-electron chi connectivity index (χ2n) is 8.48. The number of carbonyl (C=O) groups is 1. The number of aromatic amines is 2. The number of carbonyl (C=O) groups excluding carboxylic acids is 1. The van der Waals surface area contributed by atoms with Crippen molar-refractivity contribution in [1.82, 2.24) is 35.1 Å². The first kappa shape index (κ1) is 21.6. The summed E-state index contributed by atoms with van der Waals surface area (Å²) in [5, 5.41) is 11.2. The van der Waals surface area contributed by atoms with Crippen molar-refractivity contribution in [3.8, 4) is 33.8 Å². The highest BCUT2D eigenvalue weighted by molar-refractivity contribution is 5.97. The van der Waals surface area contributed by atoms with Gasteiger partial charge in [0.2, 0.25) is 5.91 Å². The number of hydrogen-bond donors (Lipinski definition) is 3. The number of nitrogens with one attached hydrogen (secondary N) is 3. The molecule has 0 bridgehead atoms. The van der Waals surface area contributed by atoms with E-state index >= 15 is 0 Å². The lowest BCUT2D eigenvalue weighted by molar-refractivity contribution is -0.116. The van der Waals surface area contributed by atoms with Crippen LogP contribution in [-0.4, -0.2) is 41.0 Å². The third kappa shape index (κ3) is 3.96. The van der Waals surface area contributed by atoms with Gasteiger partial charge in [-0.1, -0.05) is 19.1 Å². The molecular formula is C27H22N8O. The average molecular weight is 475 g/mol. The fourth-order valence-electron chi connectivity index (χ4n) is 4.27. The van der Waals surface area contributed by atoms with Crippen molar-refractivity contribution >= 4 is 33.7 Å². The fourth-order valence-corrected chi connectivity index (χ4v) is 4.27. The summed E-state index contributed by atoms with van der Waals surface area (Å²) in [7, 11) is 0. The van der Waals surface area contributed by atoms with Gasteiger partial charge in [-0.2, -0.15) is 5.10 Å². The molecule has 176 valence electrons. The topological polar surface area (TPSA) is 125 Å². The SMILES string of the molecule is CCCC(=O)Nc1cncc(-c2cnc3[nH]nc(-c4nc5c(-c6ccncc6)cccc5[nH]4)c3c2)c1. The summed E-state index contributed by atoms with van der Waals surface area (Å²) in [4.78, 5) is 33.3. The Labute approximate surface area is 206 Å². The largest absolute Gasteiger partial charge is 0.337 e. The number of benzene rings is 1. The minimum atomic E-state index is -0.0295. The van der Waals surface area contributed by atoms with E-state index in [0.29, 0.717) is 29.3 Å². The van der Waals surface area contributed by atoms with Crippen molar-refractivity contribution in [3.63, 3.8) is 0 Å². The van der Waals surface area contributed by atoms with Gasteiger partial charge in [0.05, 0.1) is 28.3 Å². The molecule has 0 spiro atoms. The molecule has 1 aromatic carbocycles. The van der Waals surface area contributed by atoms with E-state index in [-0.39, 0.29) is 5.91 Å². The molecule has 0 atom stereocenters. The highest BCUT2D eigenvalue weighted by Gasteiger charge is 2.16. The Kier molecular flexibility index (Phi) is 5.42. The van der Waals surface area contributed by atoms with Gasteiger partial charge in [0.15, 0.2) is 11.5 Å². The van der Waals surface area contributed by atoms with Crippen LogP contribution in [0, 0.1) is 0 Å². The van der Waals surface area contributed by atoms with Crippen LogP contribution in [0.5, 0.6) is 0 Å². The van der Waals surface area contributed by atoms with Crippen LogP contribution in [0.2, 0.25) is 0 Å². The molecule has 9 nitrogen and oxygen atoms in total. The Bertz CT molecular complexity index is 1700. The smallest absolute Gasteiger partial charge is 0.224 e. The maximum atomic E-state index is 12.0. The second-order valence-corrected chi connectivity index (χ2v) is 8.48. The summed E-state index contributed by atoms with van der Waals surface area (Å²) in [5.74, 6) is 0.619. The third-order valence-electron chi connectivity index (χ3n) is 5.98. The Morgan fingerprint density at radius 3 is 2.69 bits per heavy atom. The van der Waals surface area contributed by atoms with Crippen molar-refractivity contribution in [1.29, 1.82) is 0 Å². The monoisotopic (exact) mass is 474 g/mol. The van der Waals surface area contributed by atoms with Gasteiger partial charge in [0.1, 0.15) is 5.69 Å². The van der Waals surface area contributed by atoms with E-state index in [2.05, 4.69) is 35.5 Å². The Hall–Kier alpha value is -4.92. The molecule has 3 N–H and O–H groups in total. The van der Waals surface area contributed by atoms with Crippen molar-refractivity contribution < 1.29 is 4.79 Å². The van der Waals surface area contributed by atoms with Gasteiger partial charge >= 0.3 is 0 Å². The summed E-state index contributed by atoms with van der Waals surface area (Å²) in [6.45, 7) is 1.97. The molecule has 0 saturated carbocycles. The molecule has 5 aromatic heterocycles. The highest BCUT2D eigenvalue weighted by atomic mass is 16.1. The number of aromatic nitrogens is 7. The normalized spacial score (nSPS) is 11.2. The van der Waals surface area contributed by atoms with Gasteiger partial charge in [0.25, 0.3) is 0 Å². The average Bonchev–Trinajstić information content (AvgIpc) is 3.53. The molecule has 0 saturated heterocycles. The maximum absolute atomic E-state index is 12.0. The summed E-state index contributed by atoms with van der Waals surface area (Å²) in [5.41, 5.74) is 7.53. The minimum Gasteiger partial charge on any atom is -0.337 e. The Balaban J connectivity index is 1.40. The molecule has 9 heteroatoms. The van der Waals surface area contributed by atoms with Gasteiger partial charge in [0, 0.05) is 47.9 Å². The number of anilines is 1. The standard InChI is InChI=1S/C27H22N8O/c1-2-4-23(36)31-19-11-17(13-29-15-19)18-12-21-25(34-35-26(21)30-14-18)27-32-22-6-3-5-20(24(22)33-27)16-7-9-28-10-8-16/h3,5-15H,2,4H2,1H3,(H,31,36)(H,32,33)(H,30,34,35). The third-order valence-corrected chi connectivity index (χ3v) is 5.98. The molecule has 36 heavy (non-hydrogen) atoms. The van der Waals surface area contributed by atoms with Crippen LogP contribution in [0.3, 0.4) is 0 Å². The fraction of sp³-hybridized carbons (Fsp3) is 0.111. The van der Waals surface area contributed by atoms with E-state index in [1.807, 2.05) is 49.4 Å². The van der Waals surface area contributed by atoms with Crippen LogP contribution in [0.1, 0.15) is 19.8 Å². The molecule has 0 fully saturated rings. The number of hydrogen-bond acceptors (Lipinski definition) is 6. The molecule has 0 aliphatic heterocycles. The number of rotatable bonds is 6. The molecular weight excluding hydrogens is 452 g/mol. The van der Waals surface area contributed by atoms with E-state index in [4.69, 9.17) is 4.98 Å². The molecule has 6 aromatic rings. The lowest BCUT2D eigenvalue weighted by atomic mass is 10.1. The quantitative estimate of drug-likeness (QED) is 0.298. The van der Waals surface area contributed by atoms with Crippen LogP contribution in [0.25, 0.3) is 55.8 Å². The molecule has 0 radical (unpaired) electrons. The van der Waals surface area contributed by atoms with E-state index in [0.717, 1.165) is 45.1 Å². The molecule has 1 amide bonds. The first-order chi connectivity index (χ1) is 17.7. The van der Waals surface area contributed by atoms with Crippen LogP contribution in [0.15, 0.2) is 73.4 Å². The van der Waals surface area contributed by atoms with Crippen LogP contribution in [-0.2, 0) is 4.79 Å². The number of H-pyrrole nitrogens is 2. The summed E-state index contributed by atoms with van der Waals surface area (Å²) in [6, 6.07) is 13.9. The molecule has 5 heterocycles. The maximum Gasteiger partial charge on any atom is 0.224 e. The Morgan fingerprint density at radius 2 is 1.83 bits per heavy atom. The second kappa shape index (κ2) is 9.03. The first-order valence-corrected chi connectivity index (χ1v) is 11.7. The van der Waals surface area contributed by atoms with E-state index in [1.54, 1.807) is 31.0 Å². The van der Waals surface area contributed by atoms with Gasteiger partial charge in [-0.15, -0.1) is 0 Å². The number of nitrogens with zero attached hydrogens (tertiary/aromatic N) is 5. The van der Waals surface area contributed by atoms with E-state index in [1.165, 1.54) is 0 Å². The van der Waals surface area contributed by atoms with Crippen molar-refractivity contribution in [2.75, 3.05) is 5.32 Å². The number of fused-ring (bicyclic) bond motifs is 2. The zero-order chi connectivity index (χ0) is 24.5. The van der Waals surface area contributed by atoms with Crippen LogP contribution in [0.4, 0.5) is 5.69 Å². The summed E-state index contributed by atoms with van der Waals surface area (Å²) >= 11 is 0. The van der Waals surface area contributed by atoms with E-state index in [9.17, 15) is 4.79 Å². The lowest BCUT2D eigenvalue weighted by Gasteiger charge is -2.07. The predicted molar refractivity (Wildman–Crippen MR) is 139 cm³/mol. The summed E-state index contributed by atoms with van der Waals surface area (Å²) < 4.78 is 0. The van der Waals surface area contributed by atoms with Gasteiger partial charge in [-0.05, 0) is 42.3 Å². The number of pyridine rings is 3. The van der Waals surface area contributed by atoms with Crippen LogP contribution >= 0.6 is 0 Å². The highest BCUT2D eigenvalue weighted by Crippen LogP contribution is 2.32. The van der Waals surface area contributed by atoms with Crippen molar-refractivity contribution in [2.24, 2.45) is 0 Å². The zero-order valence-corrected chi connectivity index (χ0v) is 19.5. The first-order valence-electron chi connectivity index (χ1n) is 11.7. The van der Waals surface area contributed by atoms with Crippen molar-refractivity contribution in [2.45, 2.75) is 19.8 Å². The molecule has 0 aliphatic carbocycles. The lowest BCUT2D eigenvalue weighted by Crippen LogP contribution is -2.10. The Morgan fingerprint density at radius 1 is 0.972 bits per heavy atom. The predicted octanol–water partition coefficient (Wildman–Crippen LogP) is 5.36. The van der Waals surface area contributed by atoms with Crippen LogP contribution < -0.4 is 5.32 Å². The van der Waals surface area contributed by atoms with Crippen molar-refractivity contribution in [3.05, 3.63) is 73.4 Å². The molecule has 0 aliphatic rings. The van der Waals surface area contributed by atoms with Gasteiger partial charge in [-0.3, -0.25) is 19.9 Å². The molecule has 0 unspecified atom stereocenters. The van der Waals surface area contributed by atoms with E-state index < -0.39 is 0 Å². The molecule has 6 rings (SSSR count).